The SMILES string of the molecule is Cc1cccc(S(=O)(=O)C2CCN(C(=O)COc3ccc(CO)cc3)C2)c1. The second kappa shape index (κ2) is 8.10. The zero-order valence-corrected chi connectivity index (χ0v) is 16.0. The van der Waals surface area contributed by atoms with E-state index in [1.165, 1.54) is 0 Å². The summed E-state index contributed by atoms with van der Waals surface area (Å²) in [4.78, 5) is 14.2. The molecule has 1 aliphatic rings. The highest BCUT2D eigenvalue weighted by molar-refractivity contribution is 7.92. The van der Waals surface area contributed by atoms with Gasteiger partial charge in [0.25, 0.3) is 5.91 Å². The molecule has 0 spiro atoms. The van der Waals surface area contributed by atoms with E-state index in [0.717, 1.165) is 11.1 Å². The fourth-order valence-corrected chi connectivity index (χ4v) is 4.92. The van der Waals surface area contributed by atoms with Gasteiger partial charge in [0.2, 0.25) is 0 Å². The van der Waals surface area contributed by atoms with Gasteiger partial charge in [0.1, 0.15) is 5.75 Å². The van der Waals surface area contributed by atoms with Gasteiger partial charge >= 0.3 is 0 Å². The molecule has 0 aliphatic carbocycles. The molecule has 0 aromatic heterocycles. The van der Waals surface area contributed by atoms with Crippen LogP contribution >= 0.6 is 0 Å². The van der Waals surface area contributed by atoms with E-state index < -0.39 is 15.1 Å². The van der Waals surface area contributed by atoms with Gasteiger partial charge in [0.15, 0.2) is 16.4 Å². The van der Waals surface area contributed by atoms with Crippen LogP contribution in [0.2, 0.25) is 0 Å². The molecule has 1 heterocycles. The number of likely N-dealkylation sites (tertiary alicyclic amines) is 1. The number of aliphatic hydroxyl groups is 1. The topological polar surface area (TPSA) is 83.9 Å². The Morgan fingerprint density at radius 3 is 2.63 bits per heavy atom. The molecule has 3 rings (SSSR count). The van der Waals surface area contributed by atoms with Crippen molar-refractivity contribution in [1.82, 2.24) is 4.90 Å². The second-order valence-corrected chi connectivity index (χ2v) is 8.93. The molecular formula is C20H23NO5S. The first-order valence-corrected chi connectivity index (χ1v) is 10.4. The van der Waals surface area contributed by atoms with Crippen molar-refractivity contribution in [3.05, 3.63) is 59.7 Å². The molecule has 1 saturated heterocycles. The third-order valence-corrected chi connectivity index (χ3v) is 6.90. The summed E-state index contributed by atoms with van der Waals surface area (Å²) in [7, 11) is -3.46. The molecule has 144 valence electrons. The molecule has 2 aromatic rings. The number of sulfone groups is 1. The van der Waals surface area contributed by atoms with Crippen LogP contribution in [0.5, 0.6) is 5.75 Å². The Balaban J connectivity index is 1.59. The molecule has 1 N–H and O–H groups in total. The van der Waals surface area contributed by atoms with E-state index in [1.54, 1.807) is 47.4 Å². The van der Waals surface area contributed by atoms with Crippen LogP contribution < -0.4 is 4.74 Å². The van der Waals surface area contributed by atoms with Crippen LogP contribution in [0.3, 0.4) is 0 Å². The van der Waals surface area contributed by atoms with E-state index >= 15 is 0 Å². The van der Waals surface area contributed by atoms with Crippen molar-refractivity contribution in [2.45, 2.75) is 30.1 Å². The zero-order valence-electron chi connectivity index (χ0n) is 15.2. The highest BCUT2D eigenvalue weighted by Crippen LogP contribution is 2.24. The third kappa shape index (κ3) is 4.48. The molecule has 1 fully saturated rings. The third-order valence-electron chi connectivity index (χ3n) is 4.72. The Kier molecular flexibility index (Phi) is 5.82. The molecule has 0 bridgehead atoms. The number of nitrogens with zero attached hydrogens (tertiary/aromatic N) is 1. The Morgan fingerprint density at radius 2 is 1.96 bits per heavy atom. The van der Waals surface area contributed by atoms with Crippen molar-refractivity contribution >= 4 is 15.7 Å². The van der Waals surface area contributed by atoms with E-state index in [0.29, 0.717) is 23.6 Å². The highest BCUT2D eigenvalue weighted by Gasteiger charge is 2.36. The van der Waals surface area contributed by atoms with Crippen LogP contribution in [-0.2, 0) is 21.2 Å². The number of ether oxygens (including phenoxy) is 1. The van der Waals surface area contributed by atoms with Gasteiger partial charge < -0.3 is 14.7 Å². The molecule has 1 atom stereocenters. The normalized spacial score (nSPS) is 17.1. The Labute approximate surface area is 159 Å². The van der Waals surface area contributed by atoms with E-state index in [-0.39, 0.29) is 25.7 Å². The molecule has 7 heteroatoms. The second-order valence-electron chi connectivity index (χ2n) is 6.70. The van der Waals surface area contributed by atoms with Crippen LogP contribution in [0, 0.1) is 6.92 Å². The van der Waals surface area contributed by atoms with Gasteiger partial charge in [-0.25, -0.2) is 8.42 Å². The quantitative estimate of drug-likeness (QED) is 0.816. The van der Waals surface area contributed by atoms with E-state index in [2.05, 4.69) is 0 Å². The van der Waals surface area contributed by atoms with Crippen LogP contribution in [0.4, 0.5) is 0 Å². The van der Waals surface area contributed by atoms with Gasteiger partial charge in [-0.2, -0.15) is 0 Å². The summed E-state index contributed by atoms with van der Waals surface area (Å²) >= 11 is 0. The molecular weight excluding hydrogens is 366 g/mol. The van der Waals surface area contributed by atoms with Crippen molar-refractivity contribution in [3.8, 4) is 5.75 Å². The predicted octanol–water partition coefficient (Wildman–Crippen LogP) is 1.94. The van der Waals surface area contributed by atoms with Crippen LogP contribution in [0.25, 0.3) is 0 Å². The number of hydrogen-bond acceptors (Lipinski definition) is 5. The van der Waals surface area contributed by atoms with Crippen LogP contribution in [-0.4, -0.2) is 49.3 Å². The number of benzene rings is 2. The summed E-state index contributed by atoms with van der Waals surface area (Å²) in [6.45, 7) is 2.25. The molecule has 27 heavy (non-hydrogen) atoms. The minimum Gasteiger partial charge on any atom is -0.484 e. The number of carbonyl (C=O) groups excluding carboxylic acids is 1. The smallest absolute Gasteiger partial charge is 0.260 e. The number of hydrogen-bond donors (Lipinski definition) is 1. The predicted molar refractivity (Wildman–Crippen MR) is 101 cm³/mol. The summed E-state index contributed by atoms with van der Waals surface area (Å²) in [6, 6.07) is 13.7. The first-order chi connectivity index (χ1) is 12.9. The molecule has 0 radical (unpaired) electrons. The average molecular weight is 389 g/mol. The summed E-state index contributed by atoms with van der Waals surface area (Å²) < 4.78 is 31.1. The largest absolute Gasteiger partial charge is 0.484 e. The summed E-state index contributed by atoms with van der Waals surface area (Å²) in [5.74, 6) is 0.298. The zero-order chi connectivity index (χ0) is 19.4. The fraction of sp³-hybridized carbons (Fsp3) is 0.350. The van der Waals surface area contributed by atoms with Gasteiger partial charge in [0.05, 0.1) is 16.8 Å². The first-order valence-electron chi connectivity index (χ1n) is 8.81. The minimum atomic E-state index is -3.46. The standard InChI is InChI=1S/C20H23NO5S/c1-15-3-2-4-18(11-15)27(24,25)19-9-10-21(12-19)20(23)14-26-17-7-5-16(13-22)6-8-17/h2-8,11,19,22H,9-10,12-14H2,1H3. The van der Waals surface area contributed by atoms with Gasteiger partial charge in [0, 0.05) is 13.1 Å². The van der Waals surface area contributed by atoms with Crippen molar-refractivity contribution in [2.75, 3.05) is 19.7 Å². The maximum atomic E-state index is 12.8. The lowest BCUT2D eigenvalue weighted by atomic mass is 10.2. The number of carbonyl (C=O) groups is 1. The Hall–Kier alpha value is -2.38. The maximum absolute atomic E-state index is 12.8. The van der Waals surface area contributed by atoms with E-state index in [1.807, 2.05) is 13.0 Å². The summed E-state index contributed by atoms with van der Waals surface area (Å²) in [5.41, 5.74) is 1.65. The van der Waals surface area contributed by atoms with Crippen molar-refractivity contribution in [1.29, 1.82) is 0 Å². The lowest BCUT2D eigenvalue weighted by Gasteiger charge is -2.17. The van der Waals surface area contributed by atoms with Crippen LogP contribution in [0.15, 0.2) is 53.4 Å². The highest BCUT2D eigenvalue weighted by atomic mass is 32.2. The van der Waals surface area contributed by atoms with Gasteiger partial charge in [-0.1, -0.05) is 24.3 Å². The lowest BCUT2D eigenvalue weighted by molar-refractivity contribution is -0.132. The monoisotopic (exact) mass is 389 g/mol. The van der Waals surface area contributed by atoms with Gasteiger partial charge in [-0.05, 0) is 48.7 Å². The molecule has 1 unspecified atom stereocenters. The van der Waals surface area contributed by atoms with Crippen LogP contribution in [0.1, 0.15) is 17.5 Å². The van der Waals surface area contributed by atoms with Crippen molar-refractivity contribution in [3.63, 3.8) is 0 Å². The summed E-state index contributed by atoms with van der Waals surface area (Å²) in [5, 5.41) is 8.44. The van der Waals surface area contributed by atoms with E-state index in [4.69, 9.17) is 9.84 Å². The Morgan fingerprint density at radius 1 is 1.22 bits per heavy atom. The van der Waals surface area contributed by atoms with Crippen molar-refractivity contribution < 1.29 is 23.1 Å². The first kappa shape index (κ1) is 19.4. The summed E-state index contributed by atoms with van der Waals surface area (Å²) in [6.07, 6.45) is 0.424. The minimum absolute atomic E-state index is 0.0518. The average Bonchev–Trinajstić information content (AvgIpc) is 3.18. The maximum Gasteiger partial charge on any atom is 0.260 e. The molecule has 6 nitrogen and oxygen atoms in total. The van der Waals surface area contributed by atoms with E-state index in [9.17, 15) is 13.2 Å². The number of amides is 1. The van der Waals surface area contributed by atoms with Crippen molar-refractivity contribution in [2.24, 2.45) is 0 Å². The number of rotatable bonds is 6. The number of aliphatic hydroxyl groups excluding tert-OH is 1. The molecule has 0 saturated carbocycles. The van der Waals surface area contributed by atoms with Gasteiger partial charge in [-0.15, -0.1) is 0 Å². The van der Waals surface area contributed by atoms with Gasteiger partial charge in [-0.3, -0.25) is 4.79 Å². The molecule has 1 aliphatic heterocycles. The molecule has 1 amide bonds. The number of aryl methyl sites for hydroxylation is 1. The fourth-order valence-electron chi connectivity index (χ4n) is 3.12. The molecule has 2 aromatic carbocycles. The Bertz CT molecular complexity index is 908. The lowest BCUT2D eigenvalue weighted by Crippen LogP contribution is -2.35.